The SMILES string of the molecule is CCCCCCCCCCCC(=O)OCc1c(F)c(F)c(F)c(F)c1F. The molecular weight excluding hydrogens is 355 g/mol. The maximum Gasteiger partial charge on any atom is 0.306 e. The van der Waals surface area contributed by atoms with Crippen LogP contribution in [0.1, 0.15) is 76.7 Å². The quantitative estimate of drug-likeness (QED) is 0.139. The first-order valence-electron chi connectivity index (χ1n) is 9.06. The summed E-state index contributed by atoms with van der Waals surface area (Å²) in [4.78, 5) is 11.6. The molecule has 0 aromatic heterocycles. The third-order valence-electron chi connectivity index (χ3n) is 4.16. The molecule has 0 N–H and O–H groups in total. The standard InChI is InChI=1S/C19H25F5O2/c1-2-3-4-5-6-7-8-9-10-11-14(25)26-12-13-15(20)17(22)19(24)18(23)16(13)21/h2-12H2,1H3. The monoisotopic (exact) mass is 380 g/mol. The van der Waals surface area contributed by atoms with E-state index in [9.17, 15) is 26.7 Å². The molecule has 0 aliphatic rings. The fraction of sp³-hybridized carbons (Fsp3) is 0.632. The molecule has 0 amide bonds. The summed E-state index contributed by atoms with van der Waals surface area (Å²) >= 11 is 0. The number of unbranched alkanes of at least 4 members (excludes halogenated alkanes) is 8. The number of esters is 1. The number of rotatable bonds is 12. The molecule has 1 aromatic carbocycles. The first-order chi connectivity index (χ1) is 12.4. The minimum Gasteiger partial charge on any atom is -0.461 e. The second-order valence-electron chi connectivity index (χ2n) is 6.29. The van der Waals surface area contributed by atoms with Gasteiger partial charge in [-0.25, -0.2) is 22.0 Å². The molecule has 0 unspecified atom stereocenters. The van der Waals surface area contributed by atoms with E-state index in [1.54, 1.807) is 0 Å². The molecule has 0 saturated carbocycles. The third-order valence-corrected chi connectivity index (χ3v) is 4.16. The summed E-state index contributed by atoms with van der Waals surface area (Å²) < 4.78 is 70.5. The summed E-state index contributed by atoms with van der Waals surface area (Å²) in [5, 5.41) is 0. The van der Waals surface area contributed by atoms with E-state index >= 15 is 0 Å². The van der Waals surface area contributed by atoms with Crippen molar-refractivity contribution in [3.8, 4) is 0 Å². The summed E-state index contributed by atoms with van der Waals surface area (Å²) in [6.45, 7) is 1.17. The van der Waals surface area contributed by atoms with Crippen molar-refractivity contribution in [1.82, 2.24) is 0 Å². The van der Waals surface area contributed by atoms with Gasteiger partial charge < -0.3 is 4.74 Å². The van der Waals surface area contributed by atoms with Crippen molar-refractivity contribution in [3.63, 3.8) is 0 Å². The van der Waals surface area contributed by atoms with Crippen molar-refractivity contribution in [3.05, 3.63) is 34.6 Å². The van der Waals surface area contributed by atoms with Crippen LogP contribution in [0, 0.1) is 29.1 Å². The zero-order chi connectivity index (χ0) is 19.5. The van der Waals surface area contributed by atoms with Crippen LogP contribution in [0.25, 0.3) is 0 Å². The Hall–Kier alpha value is -1.66. The Morgan fingerprint density at radius 1 is 0.692 bits per heavy atom. The van der Waals surface area contributed by atoms with Crippen molar-refractivity contribution in [2.75, 3.05) is 0 Å². The number of ether oxygens (including phenoxy) is 1. The van der Waals surface area contributed by atoms with Gasteiger partial charge >= 0.3 is 5.97 Å². The van der Waals surface area contributed by atoms with E-state index in [1.807, 2.05) is 0 Å². The fourth-order valence-electron chi connectivity index (χ4n) is 2.58. The van der Waals surface area contributed by atoms with Crippen LogP contribution >= 0.6 is 0 Å². The molecule has 148 valence electrons. The summed E-state index contributed by atoms with van der Waals surface area (Å²) in [6, 6.07) is 0. The van der Waals surface area contributed by atoms with Crippen LogP contribution in [0.3, 0.4) is 0 Å². The Morgan fingerprint density at radius 3 is 1.62 bits per heavy atom. The Balaban J connectivity index is 2.27. The van der Waals surface area contributed by atoms with Gasteiger partial charge in [0.2, 0.25) is 5.82 Å². The molecule has 0 fully saturated rings. The molecule has 0 spiro atoms. The van der Waals surface area contributed by atoms with Crippen molar-refractivity contribution in [2.24, 2.45) is 0 Å². The minimum absolute atomic E-state index is 0.0469. The van der Waals surface area contributed by atoms with Crippen molar-refractivity contribution in [2.45, 2.75) is 77.7 Å². The molecule has 0 radical (unpaired) electrons. The highest BCUT2D eigenvalue weighted by Crippen LogP contribution is 2.23. The van der Waals surface area contributed by atoms with E-state index < -0.39 is 47.2 Å². The number of carbonyl (C=O) groups excluding carboxylic acids is 1. The molecule has 1 rings (SSSR count). The highest BCUT2D eigenvalue weighted by molar-refractivity contribution is 5.69. The molecule has 0 heterocycles. The van der Waals surface area contributed by atoms with Crippen molar-refractivity contribution >= 4 is 5.97 Å². The van der Waals surface area contributed by atoms with Gasteiger partial charge in [-0.3, -0.25) is 4.79 Å². The molecule has 1 aromatic rings. The lowest BCUT2D eigenvalue weighted by atomic mass is 10.1. The smallest absolute Gasteiger partial charge is 0.306 e. The van der Waals surface area contributed by atoms with Crippen LogP contribution in [0.4, 0.5) is 22.0 Å². The average Bonchev–Trinajstić information content (AvgIpc) is 2.63. The van der Waals surface area contributed by atoms with Gasteiger partial charge in [-0.15, -0.1) is 0 Å². The number of carbonyl (C=O) groups is 1. The van der Waals surface area contributed by atoms with Crippen LogP contribution in [0.5, 0.6) is 0 Å². The largest absolute Gasteiger partial charge is 0.461 e. The van der Waals surface area contributed by atoms with Gasteiger partial charge in [-0.2, -0.15) is 0 Å². The van der Waals surface area contributed by atoms with Crippen LogP contribution in [0.2, 0.25) is 0 Å². The van der Waals surface area contributed by atoms with Gasteiger partial charge in [0.05, 0.1) is 5.56 Å². The first-order valence-corrected chi connectivity index (χ1v) is 9.06. The molecule has 0 atom stereocenters. The average molecular weight is 380 g/mol. The van der Waals surface area contributed by atoms with Crippen molar-refractivity contribution < 1.29 is 31.5 Å². The molecule has 2 nitrogen and oxygen atoms in total. The Bertz CT molecular complexity index is 561. The van der Waals surface area contributed by atoms with E-state index in [0.717, 1.165) is 25.7 Å². The lowest BCUT2D eigenvalue weighted by Crippen LogP contribution is -2.11. The maximum absolute atomic E-state index is 13.4. The Morgan fingerprint density at radius 2 is 1.12 bits per heavy atom. The third kappa shape index (κ3) is 6.92. The zero-order valence-corrected chi connectivity index (χ0v) is 15.0. The van der Waals surface area contributed by atoms with E-state index in [-0.39, 0.29) is 6.42 Å². The van der Waals surface area contributed by atoms with E-state index in [4.69, 9.17) is 0 Å². The predicted molar refractivity (Wildman–Crippen MR) is 87.9 cm³/mol. The normalized spacial score (nSPS) is 11.0. The van der Waals surface area contributed by atoms with Gasteiger partial charge in [-0.1, -0.05) is 58.3 Å². The molecule has 26 heavy (non-hydrogen) atoms. The lowest BCUT2D eigenvalue weighted by Gasteiger charge is -2.09. The number of hydrogen-bond donors (Lipinski definition) is 0. The number of hydrogen-bond acceptors (Lipinski definition) is 2. The van der Waals surface area contributed by atoms with Gasteiger partial charge in [0.15, 0.2) is 23.3 Å². The van der Waals surface area contributed by atoms with Crippen LogP contribution < -0.4 is 0 Å². The molecule has 0 bridgehead atoms. The highest BCUT2D eigenvalue weighted by Gasteiger charge is 2.26. The number of benzene rings is 1. The van der Waals surface area contributed by atoms with Gasteiger partial charge in [0.25, 0.3) is 0 Å². The topological polar surface area (TPSA) is 26.3 Å². The first kappa shape index (κ1) is 22.4. The zero-order valence-electron chi connectivity index (χ0n) is 15.0. The van der Waals surface area contributed by atoms with E-state index in [2.05, 4.69) is 11.7 Å². The summed E-state index contributed by atoms with van der Waals surface area (Å²) in [5.41, 5.74) is -1.14. The van der Waals surface area contributed by atoms with E-state index in [0.29, 0.717) is 6.42 Å². The van der Waals surface area contributed by atoms with Crippen LogP contribution in [0.15, 0.2) is 0 Å². The maximum atomic E-state index is 13.4. The van der Waals surface area contributed by atoms with Gasteiger partial charge in [-0.05, 0) is 6.42 Å². The summed E-state index contributed by atoms with van der Waals surface area (Å²) in [7, 11) is 0. The molecule has 0 aliphatic heterocycles. The Labute approximate surface area is 150 Å². The second kappa shape index (κ2) is 11.9. The highest BCUT2D eigenvalue weighted by atomic mass is 19.2. The van der Waals surface area contributed by atoms with Crippen LogP contribution in [-0.4, -0.2) is 5.97 Å². The van der Waals surface area contributed by atoms with E-state index in [1.165, 1.54) is 25.7 Å². The molecule has 7 heteroatoms. The summed E-state index contributed by atoms with van der Waals surface area (Å²) in [5.74, 6) is -11.0. The molecule has 0 saturated heterocycles. The van der Waals surface area contributed by atoms with Crippen LogP contribution in [-0.2, 0) is 16.1 Å². The predicted octanol–water partition coefficient (Wildman–Crippen LogP) is 6.35. The second-order valence-corrected chi connectivity index (χ2v) is 6.29. The van der Waals surface area contributed by atoms with Gasteiger partial charge in [0, 0.05) is 6.42 Å². The molecule has 0 aliphatic carbocycles. The Kier molecular flexibility index (Phi) is 10.2. The lowest BCUT2D eigenvalue weighted by molar-refractivity contribution is -0.145. The molecular formula is C19H25F5O2. The van der Waals surface area contributed by atoms with Crippen molar-refractivity contribution in [1.29, 1.82) is 0 Å². The fourth-order valence-corrected chi connectivity index (χ4v) is 2.58. The van der Waals surface area contributed by atoms with Gasteiger partial charge in [0.1, 0.15) is 6.61 Å². The number of halogens is 5. The minimum atomic E-state index is -2.23. The summed E-state index contributed by atoms with van der Waals surface area (Å²) in [6.07, 6.45) is 9.55.